The van der Waals surface area contributed by atoms with Crippen LogP contribution in [-0.2, 0) is 4.79 Å². The minimum absolute atomic E-state index is 0.195. The summed E-state index contributed by atoms with van der Waals surface area (Å²) < 4.78 is 23.5. The molecule has 0 aliphatic heterocycles. The van der Waals surface area contributed by atoms with Crippen LogP contribution in [0.25, 0.3) is 0 Å². The van der Waals surface area contributed by atoms with Crippen LogP contribution in [0, 0.1) is 0 Å². The van der Waals surface area contributed by atoms with Crippen molar-refractivity contribution in [2.24, 2.45) is 0 Å². The van der Waals surface area contributed by atoms with Crippen molar-refractivity contribution in [3.8, 4) is 0 Å². The number of nitrogens with one attached hydrogen (secondary N) is 1. The van der Waals surface area contributed by atoms with Gasteiger partial charge in [-0.2, -0.15) is 20.1 Å². The van der Waals surface area contributed by atoms with Crippen LogP contribution >= 0.6 is 11.3 Å². The highest BCUT2D eigenvalue weighted by atomic mass is 32.1. The molecule has 1 amide bonds. The van der Waals surface area contributed by atoms with E-state index in [-0.39, 0.29) is 6.54 Å². The number of carbonyl (C=O) groups is 1. The molecule has 6 heteroatoms. The summed E-state index contributed by atoms with van der Waals surface area (Å²) in [6.45, 7) is -0.195. The molecule has 1 heterocycles. The third-order valence-electron chi connectivity index (χ3n) is 1.60. The van der Waals surface area contributed by atoms with E-state index in [1.54, 1.807) is 16.8 Å². The number of thiophene rings is 1. The highest BCUT2D eigenvalue weighted by Crippen LogP contribution is 2.15. The number of aliphatic hydroxyl groups excluding tert-OH is 1. The van der Waals surface area contributed by atoms with Crippen LogP contribution < -0.4 is 5.32 Å². The molecular weight excluding hydrogens is 212 g/mol. The molecule has 78 valence electrons. The Bertz CT molecular complexity index is 290. The van der Waals surface area contributed by atoms with E-state index >= 15 is 0 Å². The van der Waals surface area contributed by atoms with Crippen molar-refractivity contribution in [3.63, 3.8) is 0 Å². The van der Waals surface area contributed by atoms with E-state index in [1.165, 1.54) is 11.3 Å². The highest BCUT2D eigenvalue weighted by Gasteiger charge is 2.16. The lowest BCUT2D eigenvalue weighted by molar-refractivity contribution is -0.132. The summed E-state index contributed by atoms with van der Waals surface area (Å²) in [6.07, 6.45) is -3.96. The Hall–Kier alpha value is -1.01. The van der Waals surface area contributed by atoms with Gasteiger partial charge >= 0.3 is 6.43 Å². The van der Waals surface area contributed by atoms with Crippen molar-refractivity contribution < 1.29 is 18.7 Å². The van der Waals surface area contributed by atoms with Crippen molar-refractivity contribution in [2.45, 2.75) is 12.5 Å². The largest absolute Gasteiger partial charge is 0.387 e. The number of carbonyl (C=O) groups excluding carboxylic acids is 1. The van der Waals surface area contributed by atoms with Crippen molar-refractivity contribution in [1.29, 1.82) is 0 Å². The Kier molecular flexibility index (Phi) is 3.97. The van der Waals surface area contributed by atoms with Crippen LogP contribution in [0.5, 0.6) is 0 Å². The molecule has 0 fully saturated rings. The van der Waals surface area contributed by atoms with Gasteiger partial charge in [0.2, 0.25) is 0 Å². The molecule has 0 aliphatic carbocycles. The van der Waals surface area contributed by atoms with Crippen LogP contribution in [0.15, 0.2) is 16.8 Å². The Morgan fingerprint density at radius 3 is 2.86 bits per heavy atom. The summed E-state index contributed by atoms with van der Waals surface area (Å²) in [5.74, 6) is -1.36. The fourth-order valence-corrected chi connectivity index (χ4v) is 1.56. The third-order valence-corrected chi connectivity index (χ3v) is 2.30. The highest BCUT2D eigenvalue weighted by molar-refractivity contribution is 7.07. The van der Waals surface area contributed by atoms with Gasteiger partial charge in [0.05, 0.1) is 6.10 Å². The van der Waals surface area contributed by atoms with E-state index in [1.807, 2.05) is 5.32 Å². The molecule has 0 aliphatic rings. The maximum Gasteiger partial charge on any atom is 0.315 e. The molecule has 14 heavy (non-hydrogen) atoms. The van der Waals surface area contributed by atoms with Gasteiger partial charge < -0.3 is 10.4 Å². The van der Waals surface area contributed by atoms with E-state index in [0.29, 0.717) is 5.56 Å². The van der Waals surface area contributed by atoms with E-state index < -0.39 is 18.4 Å². The summed E-state index contributed by atoms with van der Waals surface area (Å²) in [5.41, 5.74) is 0.615. The van der Waals surface area contributed by atoms with Gasteiger partial charge in [0.15, 0.2) is 0 Å². The van der Waals surface area contributed by atoms with E-state index in [2.05, 4.69) is 0 Å². The summed E-state index contributed by atoms with van der Waals surface area (Å²) in [5, 5.41) is 14.8. The zero-order valence-electron chi connectivity index (χ0n) is 7.11. The van der Waals surface area contributed by atoms with Crippen molar-refractivity contribution in [3.05, 3.63) is 22.4 Å². The number of aliphatic hydroxyl groups is 1. The van der Waals surface area contributed by atoms with Gasteiger partial charge in [0.1, 0.15) is 0 Å². The topological polar surface area (TPSA) is 49.3 Å². The fourth-order valence-electron chi connectivity index (χ4n) is 0.857. The van der Waals surface area contributed by atoms with Gasteiger partial charge in [0.25, 0.3) is 5.91 Å². The quantitative estimate of drug-likeness (QED) is 0.801. The standard InChI is InChI=1S/C8H9F2NO2S/c9-7(10)8(13)11-3-6(12)5-1-2-14-4-5/h1-2,4,6-7,12H,3H2,(H,11,13). The molecule has 1 aromatic rings. The molecule has 1 aromatic heterocycles. The molecule has 0 saturated carbocycles. The first-order valence-corrected chi connectivity index (χ1v) is 4.81. The molecule has 0 bridgehead atoms. The van der Waals surface area contributed by atoms with Gasteiger partial charge in [-0.05, 0) is 22.4 Å². The molecule has 0 spiro atoms. The molecule has 0 aromatic carbocycles. The monoisotopic (exact) mass is 221 g/mol. The molecule has 2 N–H and O–H groups in total. The molecule has 1 rings (SSSR count). The smallest absolute Gasteiger partial charge is 0.315 e. The van der Waals surface area contributed by atoms with E-state index in [9.17, 15) is 18.7 Å². The molecule has 3 nitrogen and oxygen atoms in total. The second kappa shape index (κ2) is 5.02. The van der Waals surface area contributed by atoms with Crippen LogP contribution in [0.3, 0.4) is 0 Å². The zero-order valence-corrected chi connectivity index (χ0v) is 7.93. The second-order valence-electron chi connectivity index (χ2n) is 2.62. The minimum Gasteiger partial charge on any atom is -0.387 e. The number of amides is 1. The minimum atomic E-state index is -3.04. The van der Waals surface area contributed by atoms with Gasteiger partial charge in [-0.3, -0.25) is 4.79 Å². The third kappa shape index (κ3) is 3.04. The maximum absolute atomic E-state index is 11.7. The average molecular weight is 221 g/mol. The van der Waals surface area contributed by atoms with Crippen LogP contribution in [0.2, 0.25) is 0 Å². The normalized spacial score (nSPS) is 12.9. The van der Waals surface area contributed by atoms with Crippen LogP contribution in [0.1, 0.15) is 11.7 Å². The van der Waals surface area contributed by atoms with E-state index in [4.69, 9.17) is 0 Å². The number of hydrogen-bond acceptors (Lipinski definition) is 3. The number of rotatable bonds is 4. The van der Waals surface area contributed by atoms with Crippen molar-refractivity contribution in [2.75, 3.05) is 6.54 Å². The number of hydrogen-bond donors (Lipinski definition) is 2. The van der Waals surface area contributed by atoms with Gasteiger partial charge in [-0.15, -0.1) is 0 Å². The average Bonchev–Trinajstić information content (AvgIpc) is 2.66. The first-order chi connectivity index (χ1) is 6.61. The summed E-state index contributed by atoms with van der Waals surface area (Å²) in [6, 6.07) is 1.67. The van der Waals surface area contributed by atoms with Crippen LogP contribution in [0.4, 0.5) is 8.78 Å². The Morgan fingerprint density at radius 2 is 2.36 bits per heavy atom. The Morgan fingerprint density at radius 1 is 1.64 bits per heavy atom. The van der Waals surface area contributed by atoms with Gasteiger partial charge in [-0.25, -0.2) is 0 Å². The summed E-state index contributed by atoms with van der Waals surface area (Å²) >= 11 is 1.39. The first kappa shape index (κ1) is 11.1. The van der Waals surface area contributed by atoms with Crippen molar-refractivity contribution >= 4 is 17.2 Å². The lowest BCUT2D eigenvalue weighted by atomic mass is 10.2. The summed E-state index contributed by atoms with van der Waals surface area (Å²) in [4.78, 5) is 10.4. The Balaban J connectivity index is 2.36. The van der Waals surface area contributed by atoms with E-state index in [0.717, 1.165) is 0 Å². The van der Waals surface area contributed by atoms with Gasteiger partial charge in [0, 0.05) is 6.54 Å². The molecular formula is C8H9F2NO2S. The maximum atomic E-state index is 11.7. The summed E-state index contributed by atoms with van der Waals surface area (Å²) in [7, 11) is 0. The number of alkyl halides is 2. The second-order valence-corrected chi connectivity index (χ2v) is 3.40. The lowest BCUT2D eigenvalue weighted by Crippen LogP contribution is -2.32. The first-order valence-electron chi connectivity index (χ1n) is 3.87. The number of halogens is 2. The van der Waals surface area contributed by atoms with Gasteiger partial charge in [-0.1, -0.05) is 0 Å². The molecule has 1 atom stereocenters. The fraction of sp³-hybridized carbons (Fsp3) is 0.375. The molecule has 0 radical (unpaired) electrons. The molecule has 0 saturated heterocycles. The SMILES string of the molecule is O=C(NCC(O)c1ccsc1)C(F)F. The predicted molar refractivity (Wildman–Crippen MR) is 48.3 cm³/mol. The molecule has 1 unspecified atom stereocenters. The predicted octanol–water partition coefficient (Wildman–Crippen LogP) is 1.16. The Labute approximate surface area is 83.4 Å². The zero-order chi connectivity index (χ0) is 10.6. The van der Waals surface area contributed by atoms with Crippen LogP contribution in [-0.4, -0.2) is 24.0 Å². The lowest BCUT2D eigenvalue weighted by Gasteiger charge is -2.09. The van der Waals surface area contributed by atoms with Crippen molar-refractivity contribution in [1.82, 2.24) is 5.32 Å².